The van der Waals surface area contributed by atoms with Crippen molar-refractivity contribution >= 4 is 34.3 Å². The van der Waals surface area contributed by atoms with Crippen LogP contribution in [0.5, 0.6) is 0 Å². The first-order valence-electron chi connectivity index (χ1n) is 7.47. The molecule has 0 fully saturated rings. The van der Waals surface area contributed by atoms with Crippen molar-refractivity contribution in [3.05, 3.63) is 76.1 Å². The number of thioether (sulfide) groups is 1. The van der Waals surface area contributed by atoms with E-state index in [2.05, 4.69) is 20.2 Å². The Morgan fingerprint density at radius 3 is 2.84 bits per heavy atom. The monoisotopic (exact) mass is 369 g/mol. The Labute approximate surface area is 151 Å². The molecular formula is C17H12ClN5OS. The van der Waals surface area contributed by atoms with Gasteiger partial charge in [0.15, 0.2) is 5.16 Å². The van der Waals surface area contributed by atoms with Gasteiger partial charge >= 0.3 is 0 Å². The molecule has 0 amide bonds. The molecule has 0 aliphatic rings. The minimum Gasteiger partial charge on any atom is -0.309 e. The SMILES string of the molecule is O=c1[nH]c(CSc2nncn2-c2ccccc2)nc2cc(Cl)ccc12. The second-order valence-electron chi connectivity index (χ2n) is 5.28. The fourth-order valence-electron chi connectivity index (χ4n) is 2.45. The number of H-pyrrole nitrogens is 1. The molecule has 2 aromatic heterocycles. The second kappa shape index (κ2) is 6.70. The van der Waals surface area contributed by atoms with Crippen LogP contribution in [0.25, 0.3) is 16.6 Å². The van der Waals surface area contributed by atoms with Crippen molar-refractivity contribution in [1.29, 1.82) is 0 Å². The number of nitrogens with zero attached hydrogens (tertiary/aromatic N) is 4. The number of hydrogen-bond acceptors (Lipinski definition) is 5. The van der Waals surface area contributed by atoms with Gasteiger partial charge in [-0.2, -0.15) is 0 Å². The summed E-state index contributed by atoms with van der Waals surface area (Å²) in [4.78, 5) is 19.5. The van der Waals surface area contributed by atoms with Gasteiger partial charge in [-0.15, -0.1) is 10.2 Å². The molecule has 2 heterocycles. The van der Waals surface area contributed by atoms with E-state index in [9.17, 15) is 4.79 Å². The molecule has 0 spiro atoms. The Kier molecular flexibility index (Phi) is 4.25. The summed E-state index contributed by atoms with van der Waals surface area (Å²) >= 11 is 7.44. The maximum absolute atomic E-state index is 12.2. The molecule has 4 aromatic rings. The molecule has 0 bridgehead atoms. The number of rotatable bonds is 4. The average Bonchev–Trinajstić information content (AvgIpc) is 3.09. The van der Waals surface area contributed by atoms with Gasteiger partial charge in [0.1, 0.15) is 12.2 Å². The summed E-state index contributed by atoms with van der Waals surface area (Å²) in [6.07, 6.45) is 1.66. The predicted octanol–water partition coefficient (Wildman–Crippen LogP) is 3.45. The number of halogens is 1. The Balaban J connectivity index is 1.62. The Hall–Kier alpha value is -2.64. The van der Waals surface area contributed by atoms with Gasteiger partial charge in [0.2, 0.25) is 0 Å². The molecule has 0 radical (unpaired) electrons. The lowest BCUT2D eigenvalue weighted by molar-refractivity contribution is 0.881. The lowest BCUT2D eigenvalue weighted by atomic mass is 10.2. The second-order valence-corrected chi connectivity index (χ2v) is 6.66. The molecular weight excluding hydrogens is 358 g/mol. The summed E-state index contributed by atoms with van der Waals surface area (Å²) in [5, 5.41) is 9.90. The maximum atomic E-state index is 12.2. The molecule has 2 aromatic carbocycles. The maximum Gasteiger partial charge on any atom is 0.258 e. The van der Waals surface area contributed by atoms with Gasteiger partial charge in [0.05, 0.1) is 16.7 Å². The number of aromatic amines is 1. The molecule has 25 heavy (non-hydrogen) atoms. The largest absolute Gasteiger partial charge is 0.309 e. The van der Waals surface area contributed by atoms with Crippen molar-refractivity contribution in [2.45, 2.75) is 10.9 Å². The van der Waals surface area contributed by atoms with E-state index in [1.54, 1.807) is 24.5 Å². The van der Waals surface area contributed by atoms with Crippen LogP contribution >= 0.6 is 23.4 Å². The third-order valence-corrected chi connectivity index (χ3v) is 4.80. The van der Waals surface area contributed by atoms with Gasteiger partial charge in [0, 0.05) is 10.7 Å². The molecule has 0 saturated heterocycles. The first-order valence-corrected chi connectivity index (χ1v) is 8.84. The lowest BCUT2D eigenvalue weighted by Crippen LogP contribution is -2.11. The van der Waals surface area contributed by atoms with Gasteiger partial charge in [-0.3, -0.25) is 9.36 Å². The molecule has 4 rings (SSSR count). The zero-order valence-electron chi connectivity index (χ0n) is 12.9. The van der Waals surface area contributed by atoms with Crippen LogP contribution in [0.4, 0.5) is 0 Å². The van der Waals surface area contributed by atoms with Crippen molar-refractivity contribution in [1.82, 2.24) is 24.7 Å². The molecule has 8 heteroatoms. The standard InChI is InChI=1S/C17H12ClN5OS/c18-11-6-7-13-14(8-11)20-15(21-16(13)24)9-25-17-22-19-10-23(17)12-4-2-1-3-5-12/h1-8,10H,9H2,(H,20,21,24). The van der Waals surface area contributed by atoms with Gasteiger partial charge < -0.3 is 4.98 Å². The summed E-state index contributed by atoms with van der Waals surface area (Å²) in [5.41, 5.74) is 1.37. The van der Waals surface area contributed by atoms with Gasteiger partial charge in [-0.05, 0) is 30.3 Å². The van der Waals surface area contributed by atoms with Crippen molar-refractivity contribution < 1.29 is 0 Å². The number of benzene rings is 2. The molecule has 1 N–H and O–H groups in total. The molecule has 0 aliphatic heterocycles. The van der Waals surface area contributed by atoms with E-state index in [0.717, 1.165) is 10.8 Å². The third kappa shape index (κ3) is 3.29. The van der Waals surface area contributed by atoms with Crippen LogP contribution in [0.2, 0.25) is 5.02 Å². The van der Waals surface area contributed by atoms with Crippen LogP contribution in [-0.2, 0) is 5.75 Å². The predicted molar refractivity (Wildman–Crippen MR) is 98.3 cm³/mol. The normalized spacial score (nSPS) is 11.1. The van der Waals surface area contributed by atoms with E-state index >= 15 is 0 Å². The third-order valence-electron chi connectivity index (χ3n) is 3.61. The molecule has 0 unspecified atom stereocenters. The topological polar surface area (TPSA) is 76.5 Å². The minimum atomic E-state index is -0.179. The minimum absolute atomic E-state index is 0.179. The van der Waals surface area contributed by atoms with E-state index in [4.69, 9.17) is 11.6 Å². The van der Waals surface area contributed by atoms with Crippen molar-refractivity contribution in [2.75, 3.05) is 0 Å². The lowest BCUT2D eigenvalue weighted by Gasteiger charge is -2.06. The molecule has 6 nitrogen and oxygen atoms in total. The highest BCUT2D eigenvalue weighted by atomic mass is 35.5. The smallest absolute Gasteiger partial charge is 0.258 e. The zero-order valence-corrected chi connectivity index (χ0v) is 14.5. The van der Waals surface area contributed by atoms with Crippen LogP contribution in [0.3, 0.4) is 0 Å². The summed E-state index contributed by atoms with van der Waals surface area (Å²) < 4.78 is 1.89. The Morgan fingerprint density at radius 2 is 2.00 bits per heavy atom. The van der Waals surface area contributed by atoms with Gasteiger partial charge in [0.25, 0.3) is 5.56 Å². The number of nitrogens with one attached hydrogen (secondary N) is 1. The van der Waals surface area contributed by atoms with E-state index < -0.39 is 0 Å². The Bertz CT molecular complexity index is 1090. The van der Waals surface area contributed by atoms with E-state index in [1.165, 1.54) is 11.8 Å². The summed E-state index contributed by atoms with van der Waals surface area (Å²) in [5.74, 6) is 1.02. The quantitative estimate of drug-likeness (QED) is 0.557. The van der Waals surface area contributed by atoms with Crippen molar-refractivity contribution in [2.24, 2.45) is 0 Å². The molecule has 0 atom stereocenters. The van der Waals surface area contributed by atoms with Crippen LogP contribution in [0.15, 0.2) is 64.8 Å². The van der Waals surface area contributed by atoms with Crippen LogP contribution in [0.1, 0.15) is 5.82 Å². The van der Waals surface area contributed by atoms with Crippen LogP contribution < -0.4 is 5.56 Å². The summed E-state index contributed by atoms with van der Waals surface area (Å²) in [7, 11) is 0. The highest BCUT2D eigenvalue weighted by molar-refractivity contribution is 7.98. The van der Waals surface area contributed by atoms with Crippen LogP contribution in [0, 0.1) is 0 Å². The van der Waals surface area contributed by atoms with E-state index in [-0.39, 0.29) is 5.56 Å². The van der Waals surface area contributed by atoms with Crippen molar-refractivity contribution in [3.63, 3.8) is 0 Å². The summed E-state index contributed by atoms with van der Waals surface area (Å²) in [6, 6.07) is 14.9. The van der Waals surface area contributed by atoms with Gasteiger partial charge in [-0.25, -0.2) is 4.98 Å². The van der Waals surface area contributed by atoms with Crippen LogP contribution in [-0.4, -0.2) is 24.7 Å². The highest BCUT2D eigenvalue weighted by Crippen LogP contribution is 2.22. The highest BCUT2D eigenvalue weighted by Gasteiger charge is 2.10. The van der Waals surface area contributed by atoms with E-state index in [1.807, 2.05) is 34.9 Å². The number of hydrogen-bond donors (Lipinski definition) is 1. The number of aromatic nitrogens is 5. The first-order chi connectivity index (χ1) is 12.2. The summed E-state index contributed by atoms with van der Waals surface area (Å²) in [6.45, 7) is 0. The number of fused-ring (bicyclic) bond motifs is 1. The Morgan fingerprint density at radius 1 is 1.16 bits per heavy atom. The van der Waals surface area contributed by atoms with Gasteiger partial charge in [-0.1, -0.05) is 41.6 Å². The fraction of sp³-hybridized carbons (Fsp3) is 0.0588. The van der Waals surface area contributed by atoms with E-state index in [0.29, 0.717) is 27.5 Å². The fourth-order valence-corrected chi connectivity index (χ4v) is 3.42. The molecule has 0 aliphatic carbocycles. The average molecular weight is 370 g/mol. The number of para-hydroxylation sites is 1. The zero-order chi connectivity index (χ0) is 17.2. The molecule has 124 valence electrons. The first kappa shape index (κ1) is 15.9. The molecule has 0 saturated carbocycles. The van der Waals surface area contributed by atoms with Crippen molar-refractivity contribution in [3.8, 4) is 5.69 Å².